The Kier molecular flexibility index (Phi) is 3.53. The fourth-order valence-electron chi connectivity index (χ4n) is 2.92. The molecule has 1 aliphatic rings. The summed E-state index contributed by atoms with van der Waals surface area (Å²) < 4.78 is 5.20. The first kappa shape index (κ1) is 13.6. The Hall–Kier alpha value is -3.06. The van der Waals surface area contributed by atoms with E-state index in [9.17, 15) is 0 Å². The van der Waals surface area contributed by atoms with Crippen LogP contribution < -0.4 is 0 Å². The van der Waals surface area contributed by atoms with Gasteiger partial charge in [0.05, 0.1) is 12.5 Å². The Morgan fingerprint density at radius 3 is 1.91 bits per heavy atom. The lowest BCUT2D eigenvalue weighted by atomic mass is 9.93. The van der Waals surface area contributed by atoms with Crippen molar-refractivity contribution in [1.29, 1.82) is 0 Å². The molecule has 3 aromatic rings. The van der Waals surface area contributed by atoms with Crippen LogP contribution in [0.2, 0.25) is 0 Å². The van der Waals surface area contributed by atoms with Crippen LogP contribution in [0.25, 0.3) is 11.1 Å². The number of allylic oxidation sites excluding steroid dienone is 5. The lowest BCUT2D eigenvalue weighted by Crippen LogP contribution is -1.90. The Morgan fingerprint density at radius 2 is 1.35 bits per heavy atom. The molecule has 0 radical (unpaired) electrons. The summed E-state index contributed by atoms with van der Waals surface area (Å²) in [5.41, 5.74) is 7.21. The van der Waals surface area contributed by atoms with Gasteiger partial charge in [-0.2, -0.15) is 0 Å². The second-order valence-corrected chi connectivity index (χ2v) is 5.51. The first-order chi connectivity index (χ1) is 11.4. The summed E-state index contributed by atoms with van der Waals surface area (Å²) in [6.45, 7) is 0. The highest BCUT2D eigenvalue weighted by Gasteiger charge is 2.13. The topological polar surface area (TPSA) is 13.1 Å². The lowest BCUT2D eigenvalue weighted by Gasteiger charge is -2.11. The molecule has 0 bridgehead atoms. The summed E-state index contributed by atoms with van der Waals surface area (Å²) in [5.74, 6) is 0. The van der Waals surface area contributed by atoms with E-state index in [0.29, 0.717) is 0 Å². The van der Waals surface area contributed by atoms with Crippen molar-refractivity contribution in [3.8, 4) is 0 Å². The van der Waals surface area contributed by atoms with Gasteiger partial charge in [0.25, 0.3) is 0 Å². The smallest absolute Gasteiger partial charge is 0.0980 e. The molecule has 0 unspecified atom stereocenters. The SMILES string of the molecule is C1=CC(=C(c2ccccc2)c2ccccc2)C=C1c1ccoc1. The average Bonchev–Trinajstić information content (AvgIpc) is 3.29. The van der Waals surface area contributed by atoms with E-state index in [1.807, 2.05) is 18.2 Å². The van der Waals surface area contributed by atoms with Crippen molar-refractivity contribution in [1.82, 2.24) is 0 Å². The maximum absolute atomic E-state index is 5.20. The van der Waals surface area contributed by atoms with Gasteiger partial charge in [-0.3, -0.25) is 0 Å². The molecular weight excluding hydrogens is 280 g/mol. The Morgan fingerprint density at radius 1 is 0.696 bits per heavy atom. The summed E-state index contributed by atoms with van der Waals surface area (Å²) in [7, 11) is 0. The van der Waals surface area contributed by atoms with Gasteiger partial charge in [-0.05, 0) is 40.0 Å². The molecule has 0 fully saturated rings. The maximum Gasteiger partial charge on any atom is 0.0980 e. The van der Waals surface area contributed by atoms with Crippen LogP contribution in [0.15, 0.2) is 107 Å². The van der Waals surface area contributed by atoms with Crippen molar-refractivity contribution in [3.63, 3.8) is 0 Å². The second kappa shape index (κ2) is 5.98. The van der Waals surface area contributed by atoms with E-state index >= 15 is 0 Å². The van der Waals surface area contributed by atoms with Crippen molar-refractivity contribution >= 4 is 11.1 Å². The monoisotopic (exact) mass is 296 g/mol. The molecule has 0 atom stereocenters. The molecule has 0 spiro atoms. The average molecular weight is 296 g/mol. The van der Waals surface area contributed by atoms with Crippen LogP contribution in [0.5, 0.6) is 0 Å². The first-order valence-corrected chi connectivity index (χ1v) is 7.69. The molecule has 1 heterocycles. The van der Waals surface area contributed by atoms with Crippen LogP contribution in [-0.2, 0) is 0 Å². The van der Waals surface area contributed by atoms with Gasteiger partial charge in [-0.15, -0.1) is 0 Å². The summed E-state index contributed by atoms with van der Waals surface area (Å²) in [4.78, 5) is 0. The number of benzene rings is 2. The first-order valence-electron chi connectivity index (χ1n) is 7.69. The molecule has 1 nitrogen and oxygen atoms in total. The van der Waals surface area contributed by atoms with Gasteiger partial charge in [0.15, 0.2) is 0 Å². The van der Waals surface area contributed by atoms with E-state index in [1.165, 1.54) is 27.8 Å². The zero-order valence-corrected chi connectivity index (χ0v) is 12.6. The second-order valence-electron chi connectivity index (χ2n) is 5.51. The standard InChI is InChI=1S/C22H16O/c1-3-7-17(8-4-1)22(18-9-5-2-6-10-18)20-12-11-19(15-20)21-13-14-23-16-21/h1-16H. The highest BCUT2D eigenvalue weighted by atomic mass is 16.3. The summed E-state index contributed by atoms with van der Waals surface area (Å²) in [6.07, 6.45) is 10.0. The minimum Gasteiger partial charge on any atom is -0.472 e. The summed E-state index contributed by atoms with van der Waals surface area (Å²) in [5, 5.41) is 0. The van der Waals surface area contributed by atoms with Gasteiger partial charge >= 0.3 is 0 Å². The molecule has 0 saturated carbocycles. The minimum absolute atomic E-state index is 1.11. The normalized spacial score (nSPS) is 13.2. The van der Waals surface area contributed by atoms with Crippen molar-refractivity contribution in [2.24, 2.45) is 0 Å². The maximum atomic E-state index is 5.20. The van der Waals surface area contributed by atoms with Gasteiger partial charge in [0.1, 0.15) is 0 Å². The Bertz CT molecular complexity index is 838. The van der Waals surface area contributed by atoms with E-state index < -0.39 is 0 Å². The van der Waals surface area contributed by atoms with Crippen molar-refractivity contribution < 1.29 is 4.42 Å². The zero-order chi connectivity index (χ0) is 15.5. The van der Waals surface area contributed by atoms with Gasteiger partial charge in [0.2, 0.25) is 0 Å². The third kappa shape index (κ3) is 2.69. The van der Waals surface area contributed by atoms with Crippen LogP contribution in [-0.4, -0.2) is 0 Å². The number of rotatable bonds is 3. The van der Waals surface area contributed by atoms with Crippen LogP contribution >= 0.6 is 0 Å². The van der Waals surface area contributed by atoms with Crippen molar-refractivity contribution in [2.45, 2.75) is 0 Å². The molecule has 1 aromatic heterocycles. The van der Waals surface area contributed by atoms with Crippen LogP contribution in [0.3, 0.4) is 0 Å². The molecule has 0 amide bonds. The molecule has 23 heavy (non-hydrogen) atoms. The van der Waals surface area contributed by atoms with Crippen LogP contribution in [0, 0.1) is 0 Å². The number of hydrogen-bond acceptors (Lipinski definition) is 1. The molecule has 0 N–H and O–H groups in total. The third-order valence-electron chi connectivity index (χ3n) is 4.02. The molecule has 2 aromatic carbocycles. The van der Waals surface area contributed by atoms with Gasteiger partial charge in [-0.1, -0.05) is 72.8 Å². The van der Waals surface area contributed by atoms with E-state index in [-0.39, 0.29) is 0 Å². The largest absolute Gasteiger partial charge is 0.472 e. The van der Waals surface area contributed by atoms with Crippen molar-refractivity contribution in [2.75, 3.05) is 0 Å². The highest BCUT2D eigenvalue weighted by molar-refractivity contribution is 5.91. The van der Waals surface area contributed by atoms with Crippen LogP contribution in [0.1, 0.15) is 16.7 Å². The molecule has 4 rings (SSSR count). The minimum atomic E-state index is 1.11. The summed E-state index contributed by atoms with van der Waals surface area (Å²) >= 11 is 0. The molecule has 1 aliphatic carbocycles. The molecule has 0 saturated heterocycles. The predicted octanol–water partition coefficient (Wildman–Crippen LogP) is 5.73. The number of hydrogen-bond donors (Lipinski definition) is 0. The molecular formula is C22H16O. The number of furan rings is 1. The van der Waals surface area contributed by atoms with E-state index in [4.69, 9.17) is 4.42 Å². The van der Waals surface area contributed by atoms with Crippen LogP contribution in [0.4, 0.5) is 0 Å². The Balaban J connectivity index is 1.88. The third-order valence-corrected chi connectivity index (χ3v) is 4.02. The molecule has 0 aliphatic heterocycles. The lowest BCUT2D eigenvalue weighted by molar-refractivity contribution is 0.566. The van der Waals surface area contributed by atoms with Crippen molar-refractivity contribution in [3.05, 3.63) is 120 Å². The quantitative estimate of drug-likeness (QED) is 0.601. The molecule has 1 heteroatoms. The van der Waals surface area contributed by atoms with E-state index in [1.54, 1.807) is 12.5 Å². The fourth-order valence-corrected chi connectivity index (χ4v) is 2.92. The fraction of sp³-hybridized carbons (Fsp3) is 0. The zero-order valence-electron chi connectivity index (χ0n) is 12.6. The highest BCUT2D eigenvalue weighted by Crippen LogP contribution is 2.34. The van der Waals surface area contributed by atoms with Gasteiger partial charge < -0.3 is 4.42 Å². The van der Waals surface area contributed by atoms with Gasteiger partial charge in [0, 0.05) is 5.56 Å². The van der Waals surface area contributed by atoms with E-state index in [0.717, 1.165) is 5.56 Å². The van der Waals surface area contributed by atoms with E-state index in [2.05, 4.69) is 66.8 Å². The molecule has 110 valence electrons. The van der Waals surface area contributed by atoms with Gasteiger partial charge in [-0.25, -0.2) is 0 Å². The predicted molar refractivity (Wildman–Crippen MR) is 94.7 cm³/mol. The summed E-state index contributed by atoms with van der Waals surface area (Å²) in [6, 6.07) is 23.1. The Labute approximate surface area is 135 Å².